The molecule has 0 bridgehead atoms. The lowest BCUT2D eigenvalue weighted by molar-refractivity contribution is 0.924. The molecule has 0 spiro atoms. The maximum Gasteiger partial charge on any atom is 0.135 e. The summed E-state index contributed by atoms with van der Waals surface area (Å²) in [6.45, 7) is 6.19. The first-order valence-electron chi connectivity index (χ1n) is 6.18. The second-order valence-electron chi connectivity index (χ2n) is 4.55. The highest BCUT2D eigenvalue weighted by Gasteiger charge is 2.08. The van der Waals surface area contributed by atoms with Crippen molar-refractivity contribution in [3.05, 3.63) is 52.5 Å². The van der Waals surface area contributed by atoms with Crippen LogP contribution in [0.2, 0.25) is 0 Å². The summed E-state index contributed by atoms with van der Waals surface area (Å²) in [5.41, 5.74) is 4.72. The fourth-order valence-corrected chi connectivity index (χ4v) is 1.99. The average Bonchev–Trinajstić information content (AvgIpc) is 2.36. The molecule has 2 rings (SSSR count). The summed E-state index contributed by atoms with van der Waals surface area (Å²) in [6.07, 6.45) is 0.780. The molecule has 0 amide bonds. The molecule has 3 heteroatoms. The minimum Gasteiger partial charge on any atom is -0.373 e. The number of nitrogens with one attached hydrogen (secondary N) is 1. The summed E-state index contributed by atoms with van der Waals surface area (Å²) in [6, 6.07) is 8.36. The molecular weight excluding hydrogens is 222 g/mol. The molecule has 2 aromatic rings. The van der Waals surface area contributed by atoms with Crippen molar-refractivity contribution in [3.8, 4) is 0 Å². The van der Waals surface area contributed by atoms with Gasteiger partial charge in [0.2, 0.25) is 0 Å². The van der Waals surface area contributed by atoms with Crippen molar-refractivity contribution in [2.45, 2.75) is 27.2 Å². The second-order valence-corrected chi connectivity index (χ2v) is 4.55. The van der Waals surface area contributed by atoms with Crippen molar-refractivity contribution >= 4 is 5.82 Å². The van der Waals surface area contributed by atoms with Crippen molar-refractivity contribution in [2.75, 3.05) is 12.4 Å². The quantitative estimate of drug-likeness (QED) is 0.897. The van der Waals surface area contributed by atoms with Gasteiger partial charge in [0.1, 0.15) is 11.6 Å². The Morgan fingerprint density at radius 3 is 2.44 bits per heavy atom. The van der Waals surface area contributed by atoms with Gasteiger partial charge in [-0.15, -0.1) is 0 Å². The Bertz CT molecular complexity index is 562. The Morgan fingerprint density at radius 2 is 1.78 bits per heavy atom. The standard InChI is InChI=1S/C15H19N3/c1-10-7-5-6-8-13(10)9-14-17-12(3)11(2)15(16-4)18-14/h5-8H,9H2,1-4H3,(H,16,17,18). The van der Waals surface area contributed by atoms with Crippen LogP contribution in [0.5, 0.6) is 0 Å². The molecule has 0 saturated carbocycles. The van der Waals surface area contributed by atoms with Crippen molar-refractivity contribution in [2.24, 2.45) is 0 Å². The van der Waals surface area contributed by atoms with E-state index in [9.17, 15) is 0 Å². The molecule has 0 atom stereocenters. The van der Waals surface area contributed by atoms with Crippen molar-refractivity contribution in [1.29, 1.82) is 0 Å². The molecule has 0 saturated heterocycles. The fraction of sp³-hybridized carbons (Fsp3) is 0.333. The summed E-state index contributed by atoms with van der Waals surface area (Å²) >= 11 is 0. The molecule has 0 aliphatic carbocycles. The summed E-state index contributed by atoms with van der Waals surface area (Å²) in [4.78, 5) is 9.13. The van der Waals surface area contributed by atoms with E-state index in [0.29, 0.717) is 0 Å². The van der Waals surface area contributed by atoms with Crippen LogP contribution in [-0.4, -0.2) is 17.0 Å². The van der Waals surface area contributed by atoms with E-state index < -0.39 is 0 Å². The van der Waals surface area contributed by atoms with Crippen molar-refractivity contribution in [3.63, 3.8) is 0 Å². The van der Waals surface area contributed by atoms with Crippen LogP contribution >= 0.6 is 0 Å². The lowest BCUT2D eigenvalue weighted by Crippen LogP contribution is -2.06. The van der Waals surface area contributed by atoms with Gasteiger partial charge in [0.15, 0.2) is 0 Å². The molecule has 3 nitrogen and oxygen atoms in total. The zero-order chi connectivity index (χ0) is 13.1. The number of anilines is 1. The first-order chi connectivity index (χ1) is 8.61. The van der Waals surface area contributed by atoms with Crippen molar-refractivity contribution in [1.82, 2.24) is 9.97 Å². The van der Waals surface area contributed by atoms with Crippen LogP contribution < -0.4 is 5.32 Å². The number of aryl methyl sites for hydroxylation is 2. The van der Waals surface area contributed by atoms with Gasteiger partial charge < -0.3 is 5.32 Å². The number of nitrogens with zero attached hydrogens (tertiary/aromatic N) is 2. The van der Waals surface area contributed by atoms with Gasteiger partial charge >= 0.3 is 0 Å². The fourth-order valence-electron chi connectivity index (χ4n) is 1.99. The molecule has 0 unspecified atom stereocenters. The average molecular weight is 241 g/mol. The molecule has 1 N–H and O–H groups in total. The van der Waals surface area contributed by atoms with E-state index in [-0.39, 0.29) is 0 Å². The molecular formula is C15H19N3. The van der Waals surface area contributed by atoms with Gasteiger partial charge in [-0.2, -0.15) is 0 Å². The SMILES string of the molecule is CNc1nc(Cc2ccccc2C)nc(C)c1C. The summed E-state index contributed by atoms with van der Waals surface area (Å²) in [5, 5.41) is 3.13. The first kappa shape index (κ1) is 12.6. The lowest BCUT2D eigenvalue weighted by atomic mass is 10.1. The normalized spacial score (nSPS) is 10.4. The van der Waals surface area contributed by atoms with E-state index in [0.717, 1.165) is 29.3 Å². The molecule has 1 aromatic heterocycles. The minimum absolute atomic E-state index is 0.780. The van der Waals surface area contributed by atoms with E-state index >= 15 is 0 Å². The zero-order valence-electron chi connectivity index (χ0n) is 11.4. The van der Waals surface area contributed by atoms with Gasteiger partial charge in [-0.25, -0.2) is 9.97 Å². The van der Waals surface area contributed by atoms with Gasteiger partial charge in [0.05, 0.1) is 0 Å². The molecule has 0 radical (unpaired) electrons. The zero-order valence-corrected chi connectivity index (χ0v) is 11.4. The highest BCUT2D eigenvalue weighted by molar-refractivity contribution is 5.45. The number of hydrogen-bond acceptors (Lipinski definition) is 3. The highest BCUT2D eigenvalue weighted by Crippen LogP contribution is 2.17. The summed E-state index contributed by atoms with van der Waals surface area (Å²) in [5.74, 6) is 1.79. The number of benzene rings is 1. The summed E-state index contributed by atoms with van der Waals surface area (Å²) < 4.78 is 0. The molecule has 0 aliphatic heterocycles. The third kappa shape index (κ3) is 2.50. The van der Waals surface area contributed by atoms with Crippen LogP contribution in [0.25, 0.3) is 0 Å². The van der Waals surface area contributed by atoms with Crippen molar-refractivity contribution < 1.29 is 0 Å². The van der Waals surface area contributed by atoms with Gasteiger partial charge in [-0.1, -0.05) is 24.3 Å². The smallest absolute Gasteiger partial charge is 0.135 e. The molecule has 94 valence electrons. The van der Waals surface area contributed by atoms with E-state index in [1.165, 1.54) is 11.1 Å². The Hall–Kier alpha value is -1.90. The Balaban J connectivity index is 2.36. The molecule has 0 aliphatic rings. The third-order valence-corrected chi connectivity index (χ3v) is 3.28. The van der Waals surface area contributed by atoms with E-state index in [1.54, 1.807) is 0 Å². The number of aromatic nitrogens is 2. The van der Waals surface area contributed by atoms with Crippen LogP contribution in [0.15, 0.2) is 24.3 Å². The van der Waals surface area contributed by atoms with Gasteiger partial charge in [-0.05, 0) is 31.9 Å². The Morgan fingerprint density at radius 1 is 1.06 bits per heavy atom. The lowest BCUT2D eigenvalue weighted by Gasteiger charge is -2.10. The van der Waals surface area contributed by atoms with Gasteiger partial charge in [-0.3, -0.25) is 0 Å². The highest BCUT2D eigenvalue weighted by atomic mass is 15.0. The predicted octanol–water partition coefficient (Wildman–Crippen LogP) is 3.03. The van der Waals surface area contributed by atoms with Gasteiger partial charge in [0.25, 0.3) is 0 Å². The second kappa shape index (κ2) is 5.17. The van der Waals surface area contributed by atoms with Gasteiger partial charge in [0, 0.05) is 24.7 Å². The monoisotopic (exact) mass is 241 g/mol. The van der Waals surface area contributed by atoms with Crippen LogP contribution in [0.4, 0.5) is 5.82 Å². The molecule has 1 heterocycles. The minimum atomic E-state index is 0.780. The Labute approximate surface area is 108 Å². The third-order valence-electron chi connectivity index (χ3n) is 3.28. The summed E-state index contributed by atoms with van der Waals surface area (Å²) in [7, 11) is 1.90. The largest absolute Gasteiger partial charge is 0.373 e. The number of hydrogen-bond donors (Lipinski definition) is 1. The van der Waals surface area contributed by atoms with Crippen LogP contribution in [0, 0.1) is 20.8 Å². The van der Waals surface area contributed by atoms with Crippen LogP contribution in [0.1, 0.15) is 28.2 Å². The first-order valence-corrected chi connectivity index (χ1v) is 6.18. The topological polar surface area (TPSA) is 37.8 Å². The van der Waals surface area contributed by atoms with E-state index in [1.807, 2.05) is 20.9 Å². The molecule has 1 aromatic carbocycles. The predicted molar refractivity (Wildman–Crippen MR) is 75.0 cm³/mol. The molecule has 0 fully saturated rings. The van der Waals surface area contributed by atoms with E-state index in [4.69, 9.17) is 0 Å². The van der Waals surface area contributed by atoms with Crippen LogP contribution in [-0.2, 0) is 6.42 Å². The maximum absolute atomic E-state index is 4.57. The maximum atomic E-state index is 4.57. The van der Waals surface area contributed by atoms with E-state index in [2.05, 4.69) is 46.5 Å². The number of rotatable bonds is 3. The van der Waals surface area contributed by atoms with Crippen LogP contribution in [0.3, 0.4) is 0 Å². The Kier molecular flexibility index (Phi) is 3.60. The molecule has 18 heavy (non-hydrogen) atoms.